The monoisotopic (exact) mass is 438 g/mol. The van der Waals surface area contributed by atoms with E-state index in [0.717, 1.165) is 51.5 Å². The molecule has 0 saturated carbocycles. The van der Waals surface area contributed by atoms with Crippen molar-refractivity contribution in [1.29, 1.82) is 0 Å². The van der Waals surface area contributed by atoms with Crippen molar-refractivity contribution >= 4 is 23.4 Å². The van der Waals surface area contributed by atoms with Gasteiger partial charge in [0.15, 0.2) is 0 Å². The summed E-state index contributed by atoms with van der Waals surface area (Å²) in [6.45, 7) is 12.8. The highest BCUT2D eigenvalue weighted by atomic mass is 35.5. The van der Waals surface area contributed by atoms with E-state index in [0.29, 0.717) is 17.3 Å². The first kappa shape index (κ1) is 23.0. The summed E-state index contributed by atoms with van der Waals surface area (Å²) < 4.78 is 11.1. The van der Waals surface area contributed by atoms with Gasteiger partial charge in [-0.25, -0.2) is 4.79 Å². The molecule has 0 aliphatic carbocycles. The maximum Gasteiger partial charge on any atom is 0.410 e. The summed E-state index contributed by atoms with van der Waals surface area (Å²) in [4.78, 5) is 21.9. The fourth-order valence-electron chi connectivity index (χ4n) is 3.98. The second-order valence-corrected chi connectivity index (χ2v) is 9.60. The second kappa shape index (κ2) is 9.62. The van der Waals surface area contributed by atoms with Crippen LogP contribution in [0.5, 0.6) is 5.75 Å². The van der Waals surface area contributed by atoms with Crippen molar-refractivity contribution in [2.75, 3.05) is 71.4 Å². The van der Waals surface area contributed by atoms with Gasteiger partial charge < -0.3 is 24.2 Å². The normalized spacial score (nSPS) is 21.6. The number of anilines is 1. The highest BCUT2D eigenvalue weighted by Gasteiger charge is 2.35. The molecule has 0 N–H and O–H groups in total. The molecule has 0 spiro atoms. The Morgan fingerprint density at radius 1 is 1.13 bits per heavy atom. The highest BCUT2D eigenvalue weighted by Crippen LogP contribution is 2.31. The number of ether oxygens (including phenoxy) is 2. The number of methoxy groups -OCH3 is 1. The van der Waals surface area contributed by atoms with Gasteiger partial charge in [0.1, 0.15) is 11.4 Å². The van der Waals surface area contributed by atoms with Crippen LogP contribution in [0.2, 0.25) is 5.02 Å². The maximum absolute atomic E-state index is 12.9. The zero-order chi connectivity index (χ0) is 21.9. The molecule has 0 aromatic heterocycles. The number of likely N-dealkylation sites (N-methyl/N-ethyl adjacent to an activating group) is 1. The minimum absolute atomic E-state index is 0.0543. The van der Waals surface area contributed by atoms with Crippen molar-refractivity contribution in [2.24, 2.45) is 0 Å². The summed E-state index contributed by atoms with van der Waals surface area (Å²) in [7, 11) is 3.78. The molecule has 0 radical (unpaired) electrons. The fraction of sp³-hybridized carbons (Fsp3) is 0.682. The van der Waals surface area contributed by atoms with Gasteiger partial charge in [-0.05, 0) is 40.0 Å². The maximum atomic E-state index is 12.9. The highest BCUT2D eigenvalue weighted by molar-refractivity contribution is 6.32. The van der Waals surface area contributed by atoms with Gasteiger partial charge in [-0.1, -0.05) is 11.6 Å². The second-order valence-electron chi connectivity index (χ2n) is 9.20. The third kappa shape index (κ3) is 5.93. The first-order chi connectivity index (χ1) is 14.2. The zero-order valence-electron chi connectivity index (χ0n) is 18.9. The third-order valence-electron chi connectivity index (χ3n) is 5.68. The van der Waals surface area contributed by atoms with E-state index in [1.165, 1.54) is 0 Å². The van der Waals surface area contributed by atoms with Crippen molar-refractivity contribution in [3.63, 3.8) is 0 Å². The molecule has 2 heterocycles. The van der Waals surface area contributed by atoms with Gasteiger partial charge in [0.05, 0.1) is 18.2 Å². The van der Waals surface area contributed by atoms with Crippen LogP contribution < -0.4 is 9.64 Å². The molecule has 168 valence electrons. The van der Waals surface area contributed by atoms with E-state index in [-0.39, 0.29) is 12.1 Å². The first-order valence-corrected chi connectivity index (χ1v) is 11.0. The van der Waals surface area contributed by atoms with E-state index in [1.807, 2.05) is 43.9 Å². The molecule has 1 amide bonds. The summed E-state index contributed by atoms with van der Waals surface area (Å²) in [5.41, 5.74) is 0.555. The Bertz CT molecular complexity index is 732. The van der Waals surface area contributed by atoms with Crippen molar-refractivity contribution in [2.45, 2.75) is 32.4 Å². The van der Waals surface area contributed by atoms with Crippen LogP contribution in [0.25, 0.3) is 0 Å². The Balaban J connectivity index is 1.76. The van der Waals surface area contributed by atoms with Gasteiger partial charge in [-0.2, -0.15) is 0 Å². The number of carbonyl (C=O) groups is 1. The van der Waals surface area contributed by atoms with E-state index in [4.69, 9.17) is 21.1 Å². The summed E-state index contributed by atoms with van der Waals surface area (Å²) in [6, 6.07) is 5.91. The molecule has 7 nitrogen and oxygen atoms in total. The zero-order valence-corrected chi connectivity index (χ0v) is 19.6. The lowest BCUT2D eigenvalue weighted by Gasteiger charge is -2.45. The lowest BCUT2D eigenvalue weighted by atomic mass is 10.1. The van der Waals surface area contributed by atoms with Crippen LogP contribution in [0.1, 0.15) is 20.8 Å². The van der Waals surface area contributed by atoms with Gasteiger partial charge in [0.2, 0.25) is 0 Å². The van der Waals surface area contributed by atoms with E-state index < -0.39 is 5.60 Å². The lowest BCUT2D eigenvalue weighted by molar-refractivity contribution is 0.00792. The van der Waals surface area contributed by atoms with E-state index in [2.05, 4.69) is 21.7 Å². The van der Waals surface area contributed by atoms with Crippen LogP contribution >= 0.6 is 11.6 Å². The van der Waals surface area contributed by atoms with Crippen LogP contribution in [0.15, 0.2) is 18.2 Å². The number of piperazine rings is 2. The van der Waals surface area contributed by atoms with E-state index in [9.17, 15) is 4.79 Å². The van der Waals surface area contributed by atoms with Crippen molar-refractivity contribution in [1.82, 2.24) is 14.7 Å². The number of halogens is 1. The third-order valence-corrected chi connectivity index (χ3v) is 5.99. The van der Waals surface area contributed by atoms with Gasteiger partial charge >= 0.3 is 6.09 Å². The Morgan fingerprint density at radius 2 is 1.83 bits per heavy atom. The molecule has 0 unspecified atom stereocenters. The quantitative estimate of drug-likeness (QED) is 0.720. The molecule has 2 fully saturated rings. The van der Waals surface area contributed by atoms with Crippen LogP contribution in [0.4, 0.5) is 10.5 Å². The Kier molecular flexibility index (Phi) is 7.37. The van der Waals surface area contributed by atoms with Crippen LogP contribution in [0.3, 0.4) is 0 Å². The van der Waals surface area contributed by atoms with Gasteiger partial charge in [0.25, 0.3) is 0 Å². The summed E-state index contributed by atoms with van der Waals surface area (Å²) in [5.74, 6) is 0.666. The Hall–Kier alpha value is -1.70. The first-order valence-electron chi connectivity index (χ1n) is 10.7. The predicted molar refractivity (Wildman–Crippen MR) is 121 cm³/mol. The Morgan fingerprint density at radius 3 is 2.47 bits per heavy atom. The van der Waals surface area contributed by atoms with Crippen molar-refractivity contribution < 1.29 is 14.3 Å². The molecule has 1 aromatic carbocycles. The van der Waals surface area contributed by atoms with E-state index in [1.54, 1.807) is 7.11 Å². The smallest absolute Gasteiger partial charge is 0.410 e. The average Bonchev–Trinajstić information content (AvgIpc) is 2.68. The van der Waals surface area contributed by atoms with Gasteiger partial charge in [-0.15, -0.1) is 0 Å². The molecule has 2 aliphatic heterocycles. The molecule has 2 aliphatic rings. The minimum atomic E-state index is -0.504. The van der Waals surface area contributed by atoms with Crippen LogP contribution in [-0.2, 0) is 4.74 Å². The number of benzene rings is 1. The number of nitrogens with zero attached hydrogens (tertiary/aromatic N) is 4. The van der Waals surface area contributed by atoms with Gasteiger partial charge in [-0.3, -0.25) is 4.90 Å². The number of rotatable bonds is 4. The lowest BCUT2D eigenvalue weighted by Crippen LogP contribution is -2.60. The molecule has 1 atom stereocenters. The predicted octanol–water partition coefficient (Wildman–Crippen LogP) is 3.02. The average molecular weight is 439 g/mol. The molecule has 1 aromatic rings. The SMILES string of the molecule is COc1cc(N2CCN(C(=O)OC(C)(C)C)[C@@H](CN3CCN(C)CC3)C2)ccc1Cl. The number of hydrogen-bond acceptors (Lipinski definition) is 6. The fourth-order valence-corrected chi connectivity index (χ4v) is 4.18. The minimum Gasteiger partial charge on any atom is -0.495 e. The van der Waals surface area contributed by atoms with Crippen molar-refractivity contribution in [3.05, 3.63) is 23.2 Å². The number of carbonyl (C=O) groups excluding carboxylic acids is 1. The van der Waals surface area contributed by atoms with E-state index >= 15 is 0 Å². The van der Waals surface area contributed by atoms with Gasteiger partial charge in [0, 0.05) is 64.1 Å². The molecule has 3 rings (SSSR count). The molecule has 30 heavy (non-hydrogen) atoms. The van der Waals surface area contributed by atoms with Crippen LogP contribution in [0, 0.1) is 0 Å². The molecule has 2 saturated heterocycles. The topological polar surface area (TPSA) is 48.5 Å². The summed E-state index contributed by atoms with van der Waals surface area (Å²) in [6.07, 6.45) is -0.227. The summed E-state index contributed by atoms with van der Waals surface area (Å²) >= 11 is 6.21. The standard InChI is InChI=1S/C22H35ClN4O3/c1-22(2,3)30-21(28)27-13-12-26(17-6-7-19(23)20(14-17)29-5)16-18(27)15-25-10-8-24(4)9-11-25/h6-7,14,18H,8-13,15-16H2,1-5H3/t18-/m0/s1. The van der Waals surface area contributed by atoms with Crippen molar-refractivity contribution in [3.8, 4) is 5.75 Å². The number of hydrogen-bond donors (Lipinski definition) is 0. The molecule has 8 heteroatoms. The molecular weight excluding hydrogens is 404 g/mol. The van der Waals surface area contributed by atoms with Crippen LogP contribution in [-0.4, -0.2) is 99.0 Å². The summed E-state index contributed by atoms with van der Waals surface area (Å²) in [5, 5.41) is 0.600. The largest absolute Gasteiger partial charge is 0.495 e. The molecular formula is C22H35ClN4O3. The number of amides is 1. The molecule has 0 bridgehead atoms. The Labute approximate surface area is 185 Å².